The van der Waals surface area contributed by atoms with Gasteiger partial charge >= 0.3 is 0 Å². The summed E-state index contributed by atoms with van der Waals surface area (Å²) in [4.78, 5) is 8.73. The van der Waals surface area contributed by atoms with Crippen LogP contribution in [0, 0.1) is 0 Å². The van der Waals surface area contributed by atoms with Crippen molar-refractivity contribution in [2.24, 2.45) is 0 Å². The Bertz CT molecular complexity index is 330. The van der Waals surface area contributed by atoms with E-state index < -0.39 is 0 Å². The maximum absolute atomic E-state index is 4.51. The van der Waals surface area contributed by atoms with Crippen molar-refractivity contribution in [3.63, 3.8) is 0 Å². The van der Waals surface area contributed by atoms with E-state index in [9.17, 15) is 0 Å². The van der Waals surface area contributed by atoms with Gasteiger partial charge in [-0.05, 0) is 19.0 Å². The van der Waals surface area contributed by atoms with Crippen LogP contribution in [-0.2, 0) is 5.41 Å². The standard InChI is InChI=1S/C13H24N4/c1-5-7-14-9-10-16-12-15-8-6-11(17-12)13(2,3)4/h6,8,14H,5,7,9-10H2,1-4H3,(H,15,16,17). The molecule has 1 aromatic heterocycles. The van der Waals surface area contributed by atoms with E-state index in [1.54, 1.807) is 0 Å². The third-order valence-electron chi connectivity index (χ3n) is 2.44. The second-order valence-corrected chi connectivity index (χ2v) is 5.19. The summed E-state index contributed by atoms with van der Waals surface area (Å²) in [5.74, 6) is 0.718. The second-order valence-electron chi connectivity index (χ2n) is 5.19. The highest BCUT2D eigenvalue weighted by Crippen LogP contribution is 2.19. The molecular formula is C13H24N4. The van der Waals surface area contributed by atoms with Crippen LogP contribution in [0.5, 0.6) is 0 Å². The Hall–Kier alpha value is -1.16. The molecule has 1 heterocycles. The summed E-state index contributed by atoms with van der Waals surface area (Å²) in [7, 11) is 0. The Morgan fingerprint density at radius 2 is 1.94 bits per heavy atom. The van der Waals surface area contributed by atoms with E-state index in [1.807, 2.05) is 12.3 Å². The fourth-order valence-electron chi connectivity index (χ4n) is 1.43. The first kappa shape index (κ1) is 13.9. The lowest BCUT2D eigenvalue weighted by molar-refractivity contribution is 0.567. The minimum atomic E-state index is 0.0693. The normalized spacial score (nSPS) is 11.5. The van der Waals surface area contributed by atoms with Crippen LogP contribution in [0.2, 0.25) is 0 Å². The molecule has 0 aliphatic heterocycles. The van der Waals surface area contributed by atoms with E-state index in [0.717, 1.165) is 37.7 Å². The number of hydrogen-bond donors (Lipinski definition) is 2. The summed E-state index contributed by atoms with van der Waals surface area (Å²) in [5.41, 5.74) is 1.14. The van der Waals surface area contributed by atoms with Crippen LogP contribution in [-0.4, -0.2) is 29.6 Å². The first-order valence-electron chi connectivity index (χ1n) is 6.32. The van der Waals surface area contributed by atoms with Gasteiger partial charge in [-0.2, -0.15) is 0 Å². The van der Waals surface area contributed by atoms with Crippen LogP contribution in [0.1, 0.15) is 39.8 Å². The van der Waals surface area contributed by atoms with Gasteiger partial charge in [0.2, 0.25) is 5.95 Å². The van der Waals surface area contributed by atoms with Crippen molar-refractivity contribution >= 4 is 5.95 Å². The number of hydrogen-bond acceptors (Lipinski definition) is 4. The molecule has 1 rings (SSSR count). The lowest BCUT2D eigenvalue weighted by Gasteiger charge is -2.18. The molecule has 17 heavy (non-hydrogen) atoms. The average Bonchev–Trinajstić information content (AvgIpc) is 2.28. The lowest BCUT2D eigenvalue weighted by atomic mass is 9.92. The van der Waals surface area contributed by atoms with Gasteiger partial charge < -0.3 is 10.6 Å². The predicted molar refractivity (Wildman–Crippen MR) is 72.4 cm³/mol. The highest BCUT2D eigenvalue weighted by Gasteiger charge is 2.15. The zero-order chi connectivity index (χ0) is 12.7. The first-order valence-corrected chi connectivity index (χ1v) is 6.32. The van der Waals surface area contributed by atoms with Crippen LogP contribution >= 0.6 is 0 Å². The molecule has 0 saturated heterocycles. The highest BCUT2D eigenvalue weighted by atomic mass is 15.1. The highest BCUT2D eigenvalue weighted by molar-refractivity contribution is 5.27. The van der Waals surface area contributed by atoms with Crippen LogP contribution < -0.4 is 10.6 Å². The molecule has 0 atom stereocenters. The summed E-state index contributed by atoms with van der Waals surface area (Å²) in [6.07, 6.45) is 2.98. The Labute approximate surface area is 104 Å². The third-order valence-corrected chi connectivity index (χ3v) is 2.44. The van der Waals surface area contributed by atoms with E-state index in [2.05, 4.69) is 48.3 Å². The maximum Gasteiger partial charge on any atom is 0.222 e. The molecule has 0 unspecified atom stereocenters. The lowest BCUT2D eigenvalue weighted by Crippen LogP contribution is -2.24. The van der Waals surface area contributed by atoms with Gasteiger partial charge in [0.25, 0.3) is 0 Å². The molecule has 4 heteroatoms. The summed E-state index contributed by atoms with van der Waals surface area (Å²) in [6, 6.07) is 1.97. The largest absolute Gasteiger partial charge is 0.353 e. The minimum absolute atomic E-state index is 0.0693. The second kappa shape index (κ2) is 6.55. The van der Waals surface area contributed by atoms with Crippen LogP contribution in [0.15, 0.2) is 12.3 Å². The molecule has 0 aromatic carbocycles. The summed E-state index contributed by atoms with van der Waals surface area (Å²) in [5, 5.41) is 6.56. The van der Waals surface area contributed by atoms with Gasteiger partial charge in [-0.1, -0.05) is 27.7 Å². The Balaban J connectivity index is 2.44. The molecule has 96 valence electrons. The van der Waals surface area contributed by atoms with E-state index >= 15 is 0 Å². The van der Waals surface area contributed by atoms with Gasteiger partial charge in [-0.15, -0.1) is 0 Å². The molecule has 1 aromatic rings. The van der Waals surface area contributed by atoms with Crippen molar-refractivity contribution in [2.75, 3.05) is 25.0 Å². The smallest absolute Gasteiger partial charge is 0.222 e. The molecule has 0 saturated carbocycles. The number of nitrogens with zero attached hydrogens (tertiary/aromatic N) is 2. The molecule has 4 nitrogen and oxygen atoms in total. The van der Waals surface area contributed by atoms with Gasteiger partial charge in [0.1, 0.15) is 0 Å². The molecule has 0 aliphatic carbocycles. The van der Waals surface area contributed by atoms with Crippen LogP contribution in [0.4, 0.5) is 5.95 Å². The first-order chi connectivity index (χ1) is 8.04. The quantitative estimate of drug-likeness (QED) is 0.743. The molecule has 0 amide bonds. The van der Waals surface area contributed by atoms with Crippen LogP contribution in [0.3, 0.4) is 0 Å². The van der Waals surface area contributed by atoms with Gasteiger partial charge in [0.05, 0.1) is 5.69 Å². The molecule has 0 spiro atoms. The Kier molecular flexibility index (Phi) is 5.35. The van der Waals surface area contributed by atoms with E-state index in [-0.39, 0.29) is 5.41 Å². The topological polar surface area (TPSA) is 49.8 Å². The van der Waals surface area contributed by atoms with Crippen molar-refractivity contribution in [3.8, 4) is 0 Å². The number of rotatable bonds is 6. The minimum Gasteiger partial charge on any atom is -0.353 e. The van der Waals surface area contributed by atoms with Gasteiger partial charge in [-0.25, -0.2) is 9.97 Å². The number of nitrogens with one attached hydrogen (secondary N) is 2. The SMILES string of the molecule is CCCNCCNc1nccc(C(C)(C)C)n1. The Morgan fingerprint density at radius 3 is 2.59 bits per heavy atom. The molecule has 0 radical (unpaired) electrons. The van der Waals surface area contributed by atoms with Crippen molar-refractivity contribution in [1.29, 1.82) is 0 Å². The van der Waals surface area contributed by atoms with Gasteiger partial charge in [0, 0.05) is 24.7 Å². The van der Waals surface area contributed by atoms with E-state index in [4.69, 9.17) is 0 Å². The molecular weight excluding hydrogens is 212 g/mol. The zero-order valence-corrected chi connectivity index (χ0v) is 11.4. The molecule has 0 fully saturated rings. The molecule has 2 N–H and O–H groups in total. The predicted octanol–water partition coefficient (Wildman–Crippen LogP) is 2.19. The zero-order valence-electron chi connectivity index (χ0n) is 11.4. The van der Waals surface area contributed by atoms with Crippen molar-refractivity contribution in [2.45, 2.75) is 39.5 Å². The van der Waals surface area contributed by atoms with Gasteiger partial charge in [-0.3, -0.25) is 0 Å². The Morgan fingerprint density at radius 1 is 1.18 bits per heavy atom. The fourth-order valence-corrected chi connectivity index (χ4v) is 1.43. The summed E-state index contributed by atoms with van der Waals surface area (Å²) in [6.45, 7) is 11.5. The number of aromatic nitrogens is 2. The third kappa shape index (κ3) is 5.13. The molecule has 0 aliphatic rings. The summed E-state index contributed by atoms with van der Waals surface area (Å²) < 4.78 is 0. The number of anilines is 1. The average molecular weight is 236 g/mol. The van der Waals surface area contributed by atoms with Crippen LogP contribution in [0.25, 0.3) is 0 Å². The van der Waals surface area contributed by atoms with Crippen molar-refractivity contribution in [1.82, 2.24) is 15.3 Å². The maximum atomic E-state index is 4.51. The molecule has 0 bridgehead atoms. The summed E-state index contributed by atoms with van der Waals surface area (Å²) >= 11 is 0. The van der Waals surface area contributed by atoms with Crippen molar-refractivity contribution < 1.29 is 0 Å². The monoisotopic (exact) mass is 236 g/mol. The van der Waals surface area contributed by atoms with E-state index in [1.165, 1.54) is 0 Å². The van der Waals surface area contributed by atoms with Crippen molar-refractivity contribution in [3.05, 3.63) is 18.0 Å². The van der Waals surface area contributed by atoms with Gasteiger partial charge in [0.15, 0.2) is 0 Å². The van der Waals surface area contributed by atoms with E-state index in [0.29, 0.717) is 0 Å². The fraction of sp³-hybridized carbons (Fsp3) is 0.692.